The van der Waals surface area contributed by atoms with Crippen molar-refractivity contribution >= 4 is 5.95 Å². The van der Waals surface area contributed by atoms with Gasteiger partial charge in [-0.25, -0.2) is 4.79 Å². The quantitative estimate of drug-likeness (QED) is 0.821. The molecule has 94 valence electrons. The number of ether oxygens (including phenoxy) is 1. The van der Waals surface area contributed by atoms with E-state index in [2.05, 4.69) is 15.0 Å². The number of anilines is 1. The van der Waals surface area contributed by atoms with Gasteiger partial charge in [0.25, 0.3) is 0 Å². The summed E-state index contributed by atoms with van der Waals surface area (Å²) in [6.07, 6.45) is 1.37. The Morgan fingerprint density at radius 2 is 1.94 bits per heavy atom. The standard InChI is InChI=1S/C12H14N4O2/c1-18-9-5-2-8(3-6-9)4-7-10-14-11(13)16-12(17)15-10/h2-3,5-6H,4,7H2,1H3,(H3,13,14,15,16,17). The molecule has 2 rings (SSSR count). The van der Waals surface area contributed by atoms with Crippen LogP contribution in [0.2, 0.25) is 0 Å². The van der Waals surface area contributed by atoms with Gasteiger partial charge < -0.3 is 10.5 Å². The summed E-state index contributed by atoms with van der Waals surface area (Å²) in [6.45, 7) is 0. The van der Waals surface area contributed by atoms with E-state index < -0.39 is 5.69 Å². The van der Waals surface area contributed by atoms with Crippen LogP contribution in [-0.2, 0) is 12.8 Å². The smallest absolute Gasteiger partial charge is 0.349 e. The van der Waals surface area contributed by atoms with Crippen LogP contribution in [0.4, 0.5) is 5.95 Å². The van der Waals surface area contributed by atoms with Crippen molar-refractivity contribution < 1.29 is 4.74 Å². The molecule has 0 amide bonds. The first kappa shape index (κ1) is 12.1. The third kappa shape index (κ3) is 3.07. The predicted octanol–water partition coefficient (Wildman–Crippen LogP) is 0.541. The highest BCUT2D eigenvalue weighted by molar-refractivity contribution is 5.27. The van der Waals surface area contributed by atoms with Gasteiger partial charge in [-0.3, -0.25) is 4.98 Å². The van der Waals surface area contributed by atoms with Crippen molar-refractivity contribution in [2.75, 3.05) is 12.8 Å². The fourth-order valence-electron chi connectivity index (χ4n) is 1.62. The van der Waals surface area contributed by atoms with Crippen LogP contribution < -0.4 is 16.2 Å². The highest BCUT2D eigenvalue weighted by Gasteiger charge is 2.01. The predicted molar refractivity (Wildman–Crippen MR) is 67.5 cm³/mol. The molecule has 0 radical (unpaired) electrons. The first-order chi connectivity index (χ1) is 8.67. The van der Waals surface area contributed by atoms with Crippen molar-refractivity contribution in [3.8, 4) is 5.75 Å². The van der Waals surface area contributed by atoms with Crippen LogP contribution in [0.1, 0.15) is 11.4 Å². The van der Waals surface area contributed by atoms with E-state index in [1.165, 1.54) is 0 Å². The summed E-state index contributed by atoms with van der Waals surface area (Å²) in [6, 6.07) is 7.74. The van der Waals surface area contributed by atoms with Crippen molar-refractivity contribution in [1.29, 1.82) is 0 Å². The molecule has 0 saturated heterocycles. The Hall–Kier alpha value is -2.37. The Balaban J connectivity index is 2.04. The van der Waals surface area contributed by atoms with Crippen molar-refractivity contribution in [2.45, 2.75) is 12.8 Å². The zero-order valence-electron chi connectivity index (χ0n) is 10.0. The first-order valence-electron chi connectivity index (χ1n) is 5.53. The van der Waals surface area contributed by atoms with Crippen LogP contribution in [0.15, 0.2) is 29.1 Å². The number of nitrogens with one attached hydrogen (secondary N) is 1. The Morgan fingerprint density at radius 3 is 2.56 bits per heavy atom. The molecule has 1 aromatic carbocycles. The normalized spacial score (nSPS) is 10.3. The van der Waals surface area contributed by atoms with Gasteiger partial charge in [-0.15, -0.1) is 0 Å². The molecule has 6 nitrogen and oxygen atoms in total. The van der Waals surface area contributed by atoms with Crippen LogP contribution in [-0.4, -0.2) is 22.1 Å². The molecule has 0 aliphatic heterocycles. The van der Waals surface area contributed by atoms with Crippen LogP contribution in [0.25, 0.3) is 0 Å². The molecule has 3 N–H and O–H groups in total. The summed E-state index contributed by atoms with van der Waals surface area (Å²) in [5.41, 5.74) is 6.08. The van der Waals surface area contributed by atoms with Crippen LogP contribution in [0, 0.1) is 0 Å². The third-order valence-electron chi connectivity index (χ3n) is 2.53. The molecular weight excluding hydrogens is 232 g/mol. The van der Waals surface area contributed by atoms with Crippen molar-refractivity contribution in [2.24, 2.45) is 0 Å². The van der Waals surface area contributed by atoms with Gasteiger partial charge in [0.15, 0.2) is 0 Å². The number of hydrogen-bond acceptors (Lipinski definition) is 5. The summed E-state index contributed by atoms with van der Waals surface area (Å²) in [5, 5.41) is 0. The molecular formula is C12H14N4O2. The average Bonchev–Trinajstić information content (AvgIpc) is 2.36. The van der Waals surface area contributed by atoms with Gasteiger partial charge in [0.05, 0.1) is 7.11 Å². The maximum absolute atomic E-state index is 11.1. The first-order valence-corrected chi connectivity index (χ1v) is 5.53. The zero-order valence-corrected chi connectivity index (χ0v) is 10.0. The summed E-state index contributed by atoms with van der Waals surface area (Å²) in [7, 11) is 1.63. The maximum atomic E-state index is 11.1. The second-order valence-corrected chi connectivity index (χ2v) is 3.81. The summed E-state index contributed by atoms with van der Waals surface area (Å²) >= 11 is 0. The van der Waals surface area contributed by atoms with E-state index in [9.17, 15) is 4.79 Å². The van der Waals surface area contributed by atoms with Crippen LogP contribution in [0.3, 0.4) is 0 Å². The Kier molecular flexibility index (Phi) is 3.57. The number of nitrogens with zero attached hydrogens (tertiary/aromatic N) is 2. The molecule has 0 atom stereocenters. The minimum absolute atomic E-state index is 0.00322. The molecule has 0 bridgehead atoms. The lowest BCUT2D eigenvalue weighted by Crippen LogP contribution is -2.17. The zero-order chi connectivity index (χ0) is 13.0. The average molecular weight is 246 g/mol. The number of methoxy groups -OCH3 is 1. The lowest BCUT2D eigenvalue weighted by Gasteiger charge is -2.03. The number of aryl methyl sites for hydroxylation is 2. The fourth-order valence-corrected chi connectivity index (χ4v) is 1.62. The van der Waals surface area contributed by atoms with E-state index in [-0.39, 0.29) is 5.95 Å². The molecule has 0 fully saturated rings. The second kappa shape index (κ2) is 5.31. The number of rotatable bonds is 4. The molecule has 2 aromatic rings. The van der Waals surface area contributed by atoms with Crippen molar-refractivity contribution in [3.63, 3.8) is 0 Å². The SMILES string of the molecule is COc1ccc(CCc2nc(N)nc(=O)[nH]2)cc1. The number of hydrogen-bond donors (Lipinski definition) is 2. The van der Waals surface area contributed by atoms with Gasteiger partial charge in [-0.2, -0.15) is 9.97 Å². The summed E-state index contributed by atoms with van der Waals surface area (Å²) < 4.78 is 5.08. The van der Waals surface area contributed by atoms with Gasteiger partial charge in [0.2, 0.25) is 5.95 Å². The number of nitrogens with two attached hydrogens (primary N) is 1. The molecule has 6 heteroatoms. The number of benzene rings is 1. The van der Waals surface area contributed by atoms with E-state index >= 15 is 0 Å². The maximum Gasteiger partial charge on any atom is 0.349 e. The number of nitrogen functional groups attached to an aromatic ring is 1. The lowest BCUT2D eigenvalue weighted by atomic mass is 10.1. The second-order valence-electron chi connectivity index (χ2n) is 3.81. The fraction of sp³-hybridized carbons (Fsp3) is 0.250. The van der Waals surface area contributed by atoms with Gasteiger partial charge in [0.1, 0.15) is 11.6 Å². The van der Waals surface area contributed by atoms with Gasteiger partial charge in [-0.1, -0.05) is 12.1 Å². The van der Waals surface area contributed by atoms with Crippen LogP contribution >= 0.6 is 0 Å². The molecule has 18 heavy (non-hydrogen) atoms. The van der Waals surface area contributed by atoms with Crippen LogP contribution in [0.5, 0.6) is 5.75 Å². The number of aromatic amines is 1. The molecule has 0 unspecified atom stereocenters. The summed E-state index contributed by atoms with van der Waals surface area (Å²) in [5.74, 6) is 1.37. The van der Waals surface area contributed by atoms with E-state index in [1.807, 2.05) is 24.3 Å². The van der Waals surface area contributed by atoms with Crippen molar-refractivity contribution in [1.82, 2.24) is 15.0 Å². The molecule has 1 heterocycles. The minimum Gasteiger partial charge on any atom is -0.497 e. The Morgan fingerprint density at radius 1 is 1.22 bits per heavy atom. The lowest BCUT2D eigenvalue weighted by molar-refractivity contribution is 0.414. The van der Waals surface area contributed by atoms with Gasteiger partial charge in [0, 0.05) is 6.42 Å². The minimum atomic E-state index is -0.466. The van der Waals surface area contributed by atoms with E-state index in [4.69, 9.17) is 10.5 Å². The van der Waals surface area contributed by atoms with E-state index in [1.54, 1.807) is 7.11 Å². The number of H-pyrrole nitrogens is 1. The largest absolute Gasteiger partial charge is 0.497 e. The number of aromatic nitrogens is 3. The van der Waals surface area contributed by atoms with Gasteiger partial charge in [-0.05, 0) is 24.1 Å². The van der Waals surface area contributed by atoms with E-state index in [0.717, 1.165) is 17.7 Å². The Labute approximate surface area is 104 Å². The monoisotopic (exact) mass is 246 g/mol. The van der Waals surface area contributed by atoms with E-state index in [0.29, 0.717) is 12.2 Å². The molecule has 0 aliphatic rings. The highest BCUT2D eigenvalue weighted by atomic mass is 16.5. The summed E-state index contributed by atoms with van der Waals surface area (Å²) in [4.78, 5) is 21.1. The molecule has 0 aliphatic carbocycles. The Bertz CT molecular complexity index is 577. The molecule has 0 spiro atoms. The molecule has 0 saturated carbocycles. The topological polar surface area (TPSA) is 93.9 Å². The highest BCUT2D eigenvalue weighted by Crippen LogP contribution is 2.12. The molecule has 1 aromatic heterocycles. The van der Waals surface area contributed by atoms with Gasteiger partial charge >= 0.3 is 5.69 Å². The third-order valence-corrected chi connectivity index (χ3v) is 2.53. The van der Waals surface area contributed by atoms with Crippen molar-refractivity contribution in [3.05, 3.63) is 46.1 Å².